The summed E-state index contributed by atoms with van der Waals surface area (Å²) >= 11 is 1.75. The van der Waals surface area contributed by atoms with Gasteiger partial charge in [0.15, 0.2) is 8.32 Å². The van der Waals surface area contributed by atoms with Crippen molar-refractivity contribution in [3.63, 3.8) is 0 Å². The van der Waals surface area contributed by atoms with Crippen LogP contribution in [0.5, 0.6) is 0 Å². The Morgan fingerprint density at radius 2 is 1.71 bits per heavy atom. The van der Waals surface area contributed by atoms with Crippen molar-refractivity contribution in [1.82, 2.24) is 9.78 Å². The quantitative estimate of drug-likeness (QED) is 0.200. The van der Waals surface area contributed by atoms with Gasteiger partial charge in [0.1, 0.15) is 0 Å². The molecule has 0 saturated heterocycles. The van der Waals surface area contributed by atoms with Crippen LogP contribution in [0, 0.1) is 0 Å². The fourth-order valence-electron chi connectivity index (χ4n) is 3.02. The van der Waals surface area contributed by atoms with Crippen LogP contribution >= 0.6 is 11.8 Å². The summed E-state index contributed by atoms with van der Waals surface area (Å²) in [5.41, 5.74) is 4.28. The van der Waals surface area contributed by atoms with E-state index in [9.17, 15) is 0 Å². The van der Waals surface area contributed by atoms with Gasteiger partial charge >= 0.3 is 0 Å². The summed E-state index contributed by atoms with van der Waals surface area (Å²) in [5, 5.41) is 5.12. The Balaban J connectivity index is 1.78. The van der Waals surface area contributed by atoms with Gasteiger partial charge in [-0.3, -0.25) is 0 Å². The monoisotopic (exact) mass is 450 g/mol. The molecule has 3 rings (SSSR count). The summed E-state index contributed by atoms with van der Waals surface area (Å²) in [6.07, 6.45) is 7.27. The SMILES string of the molecule is CSc1ccc(-c2cc(C=CCCO[Si](C)(C)C(C)(C)C)nn2-c2ccccc2)cc1. The van der Waals surface area contributed by atoms with E-state index in [0.29, 0.717) is 0 Å². The maximum Gasteiger partial charge on any atom is 0.191 e. The number of thioether (sulfide) groups is 1. The first-order valence-electron chi connectivity index (χ1n) is 10.8. The van der Waals surface area contributed by atoms with Gasteiger partial charge in [0.05, 0.1) is 17.1 Å². The van der Waals surface area contributed by atoms with E-state index in [0.717, 1.165) is 35.7 Å². The number of benzene rings is 2. The van der Waals surface area contributed by atoms with Gasteiger partial charge in [-0.15, -0.1) is 11.8 Å². The second-order valence-electron chi connectivity index (χ2n) is 9.23. The minimum atomic E-state index is -1.69. The zero-order valence-corrected chi connectivity index (χ0v) is 21.4. The number of aromatic nitrogens is 2. The van der Waals surface area contributed by atoms with E-state index in [2.05, 4.69) is 94.7 Å². The Morgan fingerprint density at radius 3 is 2.32 bits per heavy atom. The van der Waals surface area contributed by atoms with Crippen LogP contribution < -0.4 is 0 Å². The molecule has 164 valence electrons. The van der Waals surface area contributed by atoms with Gasteiger partial charge in [0.25, 0.3) is 0 Å². The third kappa shape index (κ3) is 6.00. The van der Waals surface area contributed by atoms with Gasteiger partial charge in [-0.2, -0.15) is 5.10 Å². The van der Waals surface area contributed by atoms with Crippen molar-refractivity contribution in [2.45, 2.75) is 50.2 Å². The minimum absolute atomic E-state index is 0.242. The zero-order chi connectivity index (χ0) is 22.5. The number of hydrogen-bond acceptors (Lipinski definition) is 3. The van der Waals surface area contributed by atoms with E-state index >= 15 is 0 Å². The molecule has 0 amide bonds. The largest absolute Gasteiger partial charge is 0.417 e. The summed E-state index contributed by atoms with van der Waals surface area (Å²) in [4.78, 5) is 1.26. The molecule has 1 aromatic heterocycles. The Labute approximate surface area is 192 Å². The number of rotatable bonds is 8. The molecule has 0 saturated carbocycles. The van der Waals surface area contributed by atoms with Crippen molar-refractivity contribution >= 4 is 26.2 Å². The first kappa shape index (κ1) is 23.6. The Kier molecular flexibility index (Phi) is 7.62. The molecule has 3 nitrogen and oxygen atoms in total. The average Bonchev–Trinajstić information content (AvgIpc) is 3.17. The molecule has 0 aliphatic rings. The highest BCUT2D eigenvalue weighted by atomic mass is 32.2. The minimum Gasteiger partial charge on any atom is -0.417 e. The first-order valence-corrected chi connectivity index (χ1v) is 14.9. The predicted octanol–water partition coefficient (Wildman–Crippen LogP) is 7.69. The van der Waals surface area contributed by atoms with Gasteiger partial charge < -0.3 is 4.43 Å². The highest BCUT2D eigenvalue weighted by Crippen LogP contribution is 2.36. The molecule has 0 aliphatic heterocycles. The molecular weight excluding hydrogens is 416 g/mol. The second kappa shape index (κ2) is 10.0. The van der Waals surface area contributed by atoms with Crippen molar-refractivity contribution in [2.24, 2.45) is 0 Å². The van der Waals surface area contributed by atoms with Gasteiger partial charge in [-0.1, -0.05) is 57.2 Å². The normalized spacial score (nSPS) is 12.6. The summed E-state index contributed by atoms with van der Waals surface area (Å²) in [6, 6.07) is 21.1. The van der Waals surface area contributed by atoms with E-state index in [-0.39, 0.29) is 5.04 Å². The number of para-hydroxylation sites is 1. The molecule has 31 heavy (non-hydrogen) atoms. The molecule has 0 bridgehead atoms. The van der Waals surface area contributed by atoms with Crippen molar-refractivity contribution in [2.75, 3.05) is 12.9 Å². The molecule has 1 heterocycles. The fourth-order valence-corrected chi connectivity index (χ4v) is 4.49. The Hall–Kier alpha value is -2.08. The topological polar surface area (TPSA) is 27.1 Å². The standard InChI is InChI=1S/C26H34N2OSSi/c1-26(2,3)31(5,6)29-19-11-10-12-22-20-25(21-15-17-24(30-4)18-16-21)28(27-22)23-13-8-7-9-14-23/h7-10,12-18,20H,11,19H2,1-6H3. The molecule has 0 aliphatic carbocycles. The van der Waals surface area contributed by atoms with E-state index in [4.69, 9.17) is 9.52 Å². The van der Waals surface area contributed by atoms with Gasteiger partial charge in [0, 0.05) is 17.1 Å². The lowest BCUT2D eigenvalue weighted by Gasteiger charge is -2.36. The van der Waals surface area contributed by atoms with Gasteiger partial charge in [-0.05, 0) is 67.2 Å². The fraction of sp³-hybridized carbons (Fsp3) is 0.346. The van der Waals surface area contributed by atoms with Crippen LogP contribution in [0.2, 0.25) is 18.1 Å². The van der Waals surface area contributed by atoms with Gasteiger partial charge in [-0.25, -0.2) is 4.68 Å². The maximum atomic E-state index is 6.28. The second-order valence-corrected chi connectivity index (χ2v) is 14.9. The zero-order valence-electron chi connectivity index (χ0n) is 19.6. The summed E-state index contributed by atoms with van der Waals surface area (Å²) < 4.78 is 8.31. The lowest BCUT2D eigenvalue weighted by atomic mass is 10.1. The molecule has 0 spiro atoms. The van der Waals surface area contributed by atoms with Crippen LogP contribution in [-0.4, -0.2) is 31.0 Å². The first-order chi connectivity index (χ1) is 14.7. The smallest absolute Gasteiger partial charge is 0.191 e. The maximum absolute atomic E-state index is 6.28. The lowest BCUT2D eigenvalue weighted by Crippen LogP contribution is -2.40. The van der Waals surface area contributed by atoms with Crippen LogP contribution in [0.15, 0.2) is 71.6 Å². The molecule has 0 atom stereocenters. The van der Waals surface area contributed by atoms with Gasteiger partial charge in [0.2, 0.25) is 0 Å². The van der Waals surface area contributed by atoms with E-state index in [1.54, 1.807) is 11.8 Å². The highest BCUT2D eigenvalue weighted by molar-refractivity contribution is 7.98. The molecule has 0 radical (unpaired) electrons. The molecule has 0 fully saturated rings. The highest BCUT2D eigenvalue weighted by Gasteiger charge is 2.36. The number of hydrogen-bond donors (Lipinski definition) is 0. The van der Waals surface area contributed by atoms with Crippen LogP contribution in [-0.2, 0) is 4.43 Å². The van der Waals surface area contributed by atoms with Crippen molar-refractivity contribution in [1.29, 1.82) is 0 Å². The predicted molar refractivity (Wildman–Crippen MR) is 138 cm³/mol. The van der Waals surface area contributed by atoms with E-state index < -0.39 is 8.32 Å². The van der Waals surface area contributed by atoms with Crippen molar-refractivity contribution in [3.05, 3.63) is 72.4 Å². The molecule has 2 aromatic carbocycles. The molecule has 5 heteroatoms. The molecule has 3 aromatic rings. The Bertz CT molecular complexity index is 1000. The summed E-state index contributed by atoms with van der Waals surface area (Å²) in [6.45, 7) is 12.2. The third-order valence-corrected chi connectivity index (χ3v) is 11.2. The van der Waals surface area contributed by atoms with Crippen LogP contribution in [0.4, 0.5) is 0 Å². The van der Waals surface area contributed by atoms with Crippen LogP contribution in [0.1, 0.15) is 32.9 Å². The van der Waals surface area contributed by atoms with Crippen molar-refractivity contribution < 1.29 is 4.43 Å². The van der Waals surface area contributed by atoms with E-state index in [1.807, 2.05) is 22.9 Å². The number of nitrogens with zero attached hydrogens (tertiary/aromatic N) is 2. The molecule has 0 unspecified atom stereocenters. The van der Waals surface area contributed by atoms with E-state index in [1.165, 1.54) is 4.90 Å². The van der Waals surface area contributed by atoms with Crippen LogP contribution in [0.25, 0.3) is 23.0 Å². The molecular formula is C26H34N2OSSi. The van der Waals surface area contributed by atoms with Crippen LogP contribution in [0.3, 0.4) is 0 Å². The summed E-state index contributed by atoms with van der Waals surface area (Å²) in [7, 11) is -1.69. The average molecular weight is 451 g/mol. The van der Waals surface area contributed by atoms with Crippen molar-refractivity contribution in [3.8, 4) is 16.9 Å². The molecule has 0 N–H and O–H groups in total. The Morgan fingerprint density at radius 1 is 1.03 bits per heavy atom. The third-order valence-electron chi connectivity index (χ3n) is 5.96. The lowest BCUT2D eigenvalue weighted by molar-refractivity contribution is 0.294. The summed E-state index contributed by atoms with van der Waals surface area (Å²) in [5.74, 6) is 0.